The second-order valence-corrected chi connectivity index (χ2v) is 7.06. The van der Waals surface area contributed by atoms with E-state index in [-0.39, 0.29) is 30.6 Å². The van der Waals surface area contributed by atoms with Gasteiger partial charge in [0.05, 0.1) is 12.1 Å². The Morgan fingerprint density at radius 1 is 0.893 bits per heavy atom. The van der Waals surface area contributed by atoms with Gasteiger partial charge in [-0.15, -0.1) is 0 Å². The largest absolute Gasteiger partial charge is 0.485 e. The molecule has 1 aliphatic rings. The molecule has 0 unspecified atom stereocenters. The minimum absolute atomic E-state index is 0.0299. The predicted molar refractivity (Wildman–Crippen MR) is 107 cm³/mol. The highest BCUT2D eigenvalue weighted by Crippen LogP contribution is 2.25. The van der Waals surface area contributed by atoms with Crippen LogP contribution in [0.5, 0.6) is 5.75 Å². The lowest BCUT2D eigenvalue weighted by atomic mass is 9.86. The molecule has 1 saturated carbocycles. The second kappa shape index (κ2) is 9.83. The Hall–Kier alpha value is -2.95. The van der Waals surface area contributed by atoms with E-state index in [2.05, 4.69) is 5.32 Å². The Morgan fingerprint density at radius 3 is 2.32 bits per heavy atom. The predicted octanol–water partition coefficient (Wildman–Crippen LogP) is 3.83. The molecule has 0 aliphatic heterocycles. The molecule has 1 N–H and O–H groups in total. The highest BCUT2D eigenvalue weighted by atomic mass is 16.5. The average Bonchev–Trinajstić information content (AvgIpc) is 2.77. The summed E-state index contributed by atoms with van der Waals surface area (Å²) in [6.07, 6.45) is 5.21. The summed E-state index contributed by atoms with van der Waals surface area (Å²) in [5.41, 5.74) is 0.866. The fourth-order valence-electron chi connectivity index (χ4n) is 3.45. The minimum Gasteiger partial charge on any atom is -0.485 e. The summed E-state index contributed by atoms with van der Waals surface area (Å²) in [6, 6.07) is 15.6. The van der Waals surface area contributed by atoms with Gasteiger partial charge in [-0.2, -0.15) is 0 Å². The third-order valence-corrected chi connectivity index (χ3v) is 5.07. The Bertz CT molecular complexity index is 826. The second-order valence-electron chi connectivity index (χ2n) is 7.06. The molecule has 1 amide bonds. The van der Waals surface area contributed by atoms with Crippen molar-refractivity contribution < 1.29 is 19.1 Å². The number of hydrogen-bond acceptors (Lipinski definition) is 4. The Balaban J connectivity index is 1.57. The molecule has 0 heterocycles. The van der Waals surface area contributed by atoms with Crippen LogP contribution in [0.15, 0.2) is 54.6 Å². The molecule has 3 rings (SSSR count). The van der Waals surface area contributed by atoms with Crippen molar-refractivity contribution in [1.29, 1.82) is 0 Å². The number of amides is 1. The first-order chi connectivity index (χ1) is 13.6. The molecule has 0 saturated heterocycles. The van der Waals surface area contributed by atoms with Crippen molar-refractivity contribution in [3.8, 4) is 5.75 Å². The lowest BCUT2D eigenvalue weighted by molar-refractivity contribution is -0.125. The van der Waals surface area contributed by atoms with E-state index in [1.165, 1.54) is 6.42 Å². The summed E-state index contributed by atoms with van der Waals surface area (Å²) in [5, 5.41) is 2.64. The molecule has 0 spiro atoms. The maximum absolute atomic E-state index is 12.5. The topological polar surface area (TPSA) is 72.5 Å². The van der Waals surface area contributed by atoms with Crippen LogP contribution in [0.4, 0.5) is 0 Å². The quantitative estimate of drug-likeness (QED) is 0.708. The zero-order valence-corrected chi connectivity index (χ0v) is 15.9. The van der Waals surface area contributed by atoms with Crippen LogP contribution in [0.25, 0.3) is 0 Å². The van der Waals surface area contributed by atoms with Gasteiger partial charge in [0.2, 0.25) is 0 Å². The number of ether oxygens (including phenoxy) is 1. The first-order valence-electron chi connectivity index (χ1n) is 9.76. The molecule has 1 aliphatic carbocycles. The summed E-state index contributed by atoms with van der Waals surface area (Å²) in [6.45, 7) is -0.129. The molecule has 0 bridgehead atoms. The normalized spacial score (nSPS) is 14.3. The van der Waals surface area contributed by atoms with Gasteiger partial charge in [0.25, 0.3) is 5.91 Å². The van der Waals surface area contributed by atoms with Crippen molar-refractivity contribution in [2.24, 2.45) is 5.92 Å². The summed E-state index contributed by atoms with van der Waals surface area (Å²) in [5.74, 6) is -0.0476. The first-order valence-corrected chi connectivity index (χ1v) is 9.76. The number of hydrogen-bond donors (Lipinski definition) is 1. The van der Waals surface area contributed by atoms with Crippen molar-refractivity contribution in [1.82, 2.24) is 5.32 Å². The number of ketones is 2. The monoisotopic (exact) mass is 379 g/mol. The van der Waals surface area contributed by atoms with Crippen LogP contribution in [0, 0.1) is 5.92 Å². The Labute approximate surface area is 165 Å². The number of carbonyl (C=O) groups excluding carboxylic acids is 3. The van der Waals surface area contributed by atoms with Gasteiger partial charge < -0.3 is 10.1 Å². The van der Waals surface area contributed by atoms with Crippen molar-refractivity contribution >= 4 is 17.5 Å². The van der Waals surface area contributed by atoms with Crippen LogP contribution < -0.4 is 10.1 Å². The molecule has 0 radical (unpaired) electrons. The number of nitrogens with one attached hydrogen (secondary N) is 1. The molecule has 2 aromatic rings. The van der Waals surface area contributed by atoms with Crippen LogP contribution in [0.1, 0.15) is 52.8 Å². The molecule has 28 heavy (non-hydrogen) atoms. The summed E-state index contributed by atoms with van der Waals surface area (Å²) >= 11 is 0. The molecule has 5 heteroatoms. The minimum atomic E-state index is -0.398. The molecule has 1 fully saturated rings. The van der Waals surface area contributed by atoms with E-state index in [1.807, 2.05) is 6.07 Å². The Morgan fingerprint density at radius 2 is 1.57 bits per heavy atom. The maximum atomic E-state index is 12.5. The van der Waals surface area contributed by atoms with E-state index in [9.17, 15) is 14.4 Å². The van der Waals surface area contributed by atoms with E-state index < -0.39 is 5.91 Å². The van der Waals surface area contributed by atoms with Crippen LogP contribution >= 0.6 is 0 Å². The van der Waals surface area contributed by atoms with Crippen LogP contribution in [-0.4, -0.2) is 30.6 Å². The van der Waals surface area contributed by atoms with Crippen molar-refractivity contribution in [3.63, 3.8) is 0 Å². The van der Waals surface area contributed by atoms with Gasteiger partial charge >= 0.3 is 0 Å². The van der Waals surface area contributed by atoms with Gasteiger partial charge in [-0.1, -0.05) is 61.7 Å². The number of benzene rings is 2. The number of rotatable bonds is 8. The lowest BCUT2D eigenvalue weighted by Crippen LogP contribution is -2.30. The van der Waals surface area contributed by atoms with E-state index >= 15 is 0 Å². The summed E-state index contributed by atoms with van der Waals surface area (Å²) in [4.78, 5) is 37.0. The fourth-order valence-corrected chi connectivity index (χ4v) is 3.45. The smallest absolute Gasteiger partial charge is 0.255 e. The van der Waals surface area contributed by atoms with Gasteiger partial charge in [0, 0.05) is 11.5 Å². The van der Waals surface area contributed by atoms with Crippen molar-refractivity contribution in [2.45, 2.75) is 32.1 Å². The summed E-state index contributed by atoms with van der Waals surface area (Å²) in [7, 11) is 0. The SMILES string of the molecule is O=C(CNC(=O)c1ccccc1OCC(=O)C1CCCCC1)c1ccccc1. The van der Waals surface area contributed by atoms with Gasteiger partial charge in [0.15, 0.2) is 11.6 Å². The van der Waals surface area contributed by atoms with Gasteiger partial charge in [-0.3, -0.25) is 14.4 Å². The van der Waals surface area contributed by atoms with E-state index in [0.29, 0.717) is 16.9 Å². The molecule has 0 atom stereocenters. The molecule has 0 aromatic heterocycles. The molecular weight excluding hydrogens is 354 g/mol. The fraction of sp³-hybridized carbons (Fsp3) is 0.348. The first kappa shape index (κ1) is 19.8. The maximum Gasteiger partial charge on any atom is 0.255 e. The highest BCUT2D eigenvalue weighted by molar-refractivity contribution is 6.03. The number of para-hydroxylation sites is 1. The standard InChI is InChI=1S/C23H25NO4/c25-20(17-9-3-1-4-10-17)15-24-23(27)19-13-7-8-14-22(19)28-16-21(26)18-11-5-2-6-12-18/h1,3-4,7-10,13-14,18H,2,5-6,11-12,15-16H2,(H,24,27). The van der Waals surface area contributed by atoms with Gasteiger partial charge in [-0.25, -0.2) is 0 Å². The number of carbonyl (C=O) groups is 3. The third kappa shape index (κ3) is 5.28. The lowest BCUT2D eigenvalue weighted by Gasteiger charge is -2.20. The van der Waals surface area contributed by atoms with Crippen LogP contribution in [0.3, 0.4) is 0 Å². The number of Topliss-reactive ketones (excluding diaryl/α,β-unsaturated/α-hetero) is 2. The third-order valence-electron chi connectivity index (χ3n) is 5.07. The van der Waals surface area contributed by atoms with Crippen LogP contribution in [0.2, 0.25) is 0 Å². The van der Waals surface area contributed by atoms with Crippen LogP contribution in [-0.2, 0) is 4.79 Å². The molecule has 5 nitrogen and oxygen atoms in total. The summed E-state index contributed by atoms with van der Waals surface area (Å²) < 4.78 is 5.67. The zero-order valence-electron chi connectivity index (χ0n) is 15.9. The molecule has 2 aromatic carbocycles. The van der Waals surface area contributed by atoms with Crippen molar-refractivity contribution in [3.05, 3.63) is 65.7 Å². The van der Waals surface area contributed by atoms with E-state index in [1.54, 1.807) is 48.5 Å². The van der Waals surface area contributed by atoms with Crippen molar-refractivity contribution in [2.75, 3.05) is 13.2 Å². The molecule has 146 valence electrons. The van der Waals surface area contributed by atoms with Gasteiger partial charge in [0.1, 0.15) is 12.4 Å². The van der Waals surface area contributed by atoms with E-state index in [0.717, 1.165) is 25.7 Å². The van der Waals surface area contributed by atoms with E-state index in [4.69, 9.17) is 4.74 Å². The highest BCUT2D eigenvalue weighted by Gasteiger charge is 2.22. The van der Waals surface area contributed by atoms with Gasteiger partial charge in [-0.05, 0) is 25.0 Å². The Kier molecular flexibility index (Phi) is 6.95. The zero-order chi connectivity index (χ0) is 19.8. The molecular formula is C23H25NO4. The average molecular weight is 379 g/mol.